The summed E-state index contributed by atoms with van der Waals surface area (Å²) < 4.78 is 0. The van der Waals surface area contributed by atoms with Gasteiger partial charge in [-0.05, 0) is 19.8 Å². The van der Waals surface area contributed by atoms with Gasteiger partial charge in [0.25, 0.3) is 0 Å². The Morgan fingerprint density at radius 1 is 1.58 bits per heavy atom. The largest absolute Gasteiger partial charge is 0.297 e. The minimum atomic E-state index is 0.655. The van der Waals surface area contributed by atoms with Crippen LogP contribution >= 0.6 is 11.3 Å². The lowest BCUT2D eigenvalue weighted by molar-refractivity contribution is 0.112. The minimum Gasteiger partial charge on any atom is -0.297 e. The summed E-state index contributed by atoms with van der Waals surface area (Å²) in [6.07, 6.45) is 4.74. The van der Waals surface area contributed by atoms with Gasteiger partial charge in [-0.1, -0.05) is 6.42 Å². The summed E-state index contributed by atoms with van der Waals surface area (Å²) in [6, 6.07) is 0. The van der Waals surface area contributed by atoms with Gasteiger partial charge < -0.3 is 0 Å². The molecule has 3 heteroatoms. The molecule has 0 radical (unpaired) electrons. The van der Waals surface area contributed by atoms with Gasteiger partial charge in [0.05, 0.1) is 15.6 Å². The van der Waals surface area contributed by atoms with Gasteiger partial charge in [0.15, 0.2) is 6.29 Å². The third-order valence-electron chi connectivity index (χ3n) is 2.41. The fourth-order valence-electron chi connectivity index (χ4n) is 1.37. The van der Waals surface area contributed by atoms with Crippen LogP contribution in [0.15, 0.2) is 0 Å². The molecule has 0 aromatic carbocycles. The van der Waals surface area contributed by atoms with E-state index >= 15 is 0 Å². The van der Waals surface area contributed by atoms with E-state index in [1.165, 1.54) is 24.3 Å². The maximum atomic E-state index is 10.5. The number of rotatable bonds is 2. The average Bonchev–Trinajstić information content (AvgIpc) is 2.27. The molecule has 1 aromatic rings. The predicted octanol–water partition coefficient (Wildman–Crippen LogP) is 2.53. The van der Waals surface area contributed by atoms with Crippen LogP contribution in [0.4, 0.5) is 0 Å². The number of aryl methyl sites for hydroxylation is 1. The van der Waals surface area contributed by atoms with Gasteiger partial charge in [-0.3, -0.25) is 4.79 Å². The molecule has 0 spiro atoms. The van der Waals surface area contributed by atoms with Gasteiger partial charge in [-0.2, -0.15) is 0 Å². The number of aromatic nitrogens is 1. The van der Waals surface area contributed by atoms with Gasteiger partial charge in [0.2, 0.25) is 0 Å². The third-order valence-corrected chi connectivity index (χ3v) is 3.66. The Labute approximate surface area is 75.6 Å². The molecule has 0 bridgehead atoms. The summed E-state index contributed by atoms with van der Waals surface area (Å²) >= 11 is 1.56. The standard InChI is InChI=1S/C9H11NOS/c1-6-8(5-11)12-9(10-6)7-3-2-4-7/h5,7H,2-4H2,1H3. The van der Waals surface area contributed by atoms with Crippen molar-refractivity contribution in [1.29, 1.82) is 0 Å². The third kappa shape index (κ3) is 1.18. The number of aldehydes is 1. The molecule has 1 heterocycles. The Morgan fingerprint density at radius 2 is 2.33 bits per heavy atom. The highest BCUT2D eigenvalue weighted by Gasteiger charge is 2.23. The maximum Gasteiger partial charge on any atom is 0.161 e. The number of hydrogen-bond acceptors (Lipinski definition) is 3. The van der Waals surface area contributed by atoms with Crippen LogP contribution in [-0.2, 0) is 0 Å². The molecule has 0 atom stereocenters. The fourth-order valence-corrected chi connectivity index (χ4v) is 2.42. The maximum absolute atomic E-state index is 10.5. The van der Waals surface area contributed by atoms with Crippen molar-refractivity contribution >= 4 is 17.6 Å². The topological polar surface area (TPSA) is 30.0 Å². The molecular formula is C9H11NOS. The quantitative estimate of drug-likeness (QED) is 0.656. The van der Waals surface area contributed by atoms with Crippen LogP contribution in [0.5, 0.6) is 0 Å². The van der Waals surface area contributed by atoms with E-state index in [0.717, 1.165) is 16.9 Å². The van der Waals surface area contributed by atoms with Crippen molar-refractivity contribution in [2.45, 2.75) is 32.1 Å². The molecular weight excluding hydrogens is 170 g/mol. The van der Waals surface area contributed by atoms with Crippen LogP contribution in [0, 0.1) is 6.92 Å². The molecule has 2 rings (SSSR count). The summed E-state index contributed by atoms with van der Waals surface area (Å²) in [5, 5.41) is 1.17. The molecule has 1 aliphatic carbocycles. The minimum absolute atomic E-state index is 0.655. The molecule has 0 N–H and O–H groups in total. The second kappa shape index (κ2) is 2.98. The molecule has 1 aliphatic rings. The summed E-state index contributed by atoms with van der Waals surface area (Å²) in [7, 11) is 0. The van der Waals surface area contributed by atoms with Crippen molar-refractivity contribution in [3.05, 3.63) is 15.6 Å². The molecule has 0 aliphatic heterocycles. The van der Waals surface area contributed by atoms with E-state index in [2.05, 4.69) is 4.98 Å². The molecule has 0 unspecified atom stereocenters. The molecule has 1 saturated carbocycles. The molecule has 1 fully saturated rings. The number of carbonyl (C=O) groups is 1. The first-order valence-corrected chi connectivity index (χ1v) is 5.05. The molecule has 1 aromatic heterocycles. The van der Waals surface area contributed by atoms with Crippen LogP contribution in [0.2, 0.25) is 0 Å². The highest BCUT2D eigenvalue weighted by atomic mass is 32.1. The van der Waals surface area contributed by atoms with E-state index < -0.39 is 0 Å². The average molecular weight is 181 g/mol. The number of carbonyl (C=O) groups excluding carboxylic acids is 1. The molecule has 12 heavy (non-hydrogen) atoms. The van der Waals surface area contributed by atoms with Gasteiger partial charge in [-0.15, -0.1) is 11.3 Å². The summed E-state index contributed by atoms with van der Waals surface area (Å²) in [4.78, 5) is 15.7. The molecule has 64 valence electrons. The SMILES string of the molecule is Cc1nc(C2CCC2)sc1C=O. The van der Waals surface area contributed by atoms with Gasteiger partial charge in [-0.25, -0.2) is 4.98 Å². The first kappa shape index (κ1) is 7.92. The van der Waals surface area contributed by atoms with Crippen molar-refractivity contribution < 1.29 is 4.79 Å². The lowest BCUT2D eigenvalue weighted by Crippen LogP contribution is -2.07. The Kier molecular flexibility index (Phi) is 1.97. The van der Waals surface area contributed by atoms with Gasteiger partial charge in [0, 0.05) is 5.92 Å². The van der Waals surface area contributed by atoms with Crippen LogP contribution in [0.3, 0.4) is 0 Å². The Morgan fingerprint density at radius 3 is 2.75 bits per heavy atom. The van der Waals surface area contributed by atoms with E-state index in [0.29, 0.717) is 5.92 Å². The Balaban J connectivity index is 2.27. The van der Waals surface area contributed by atoms with Gasteiger partial charge >= 0.3 is 0 Å². The number of thiazole rings is 1. The number of hydrogen-bond donors (Lipinski definition) is 0. The molecule has 0 saturated heterocycles. The Bertz CT molecular complexity index is 301. The van der Waals surface area contributed by atoms with Crippen LogP contribution in [0.1, 0.15) is 45.6 Å². The second-order valence-corrected chi connectivity index (χ2v) is 4.31. The zero-order valence-corrected chi connectivity index (χ0v) is 7.86. The summed E-state index contributed by atoms with van der Waals surface area (Å²) in [5.74, 6) is 0.655. The second-order valence-electron chi connectivity index (χ2n) is 3.25. The van der Waals surface area contributed by atoms with E-state index in [1.54, 1.807) is 11.3 Å². The highest BCUT2D eigenvalue weighted by Crippen LogP contribution is 2.38. The lowest BCUT2D eigenvalue weighted by Gasteiger charge is -2.22. The van der Waals surface area contributed by atoms with Crippen LogP contribution < -0.4 is 0 Å². The zero-order chi connectivity index (χ0) is 8.55. The van der Waals surface area contributed by atoms with Crippen molar-refractivity contribution in [2.24, 2.45) is 0 Å². The normalized spacial score (nSPS) is 17.4. The van der Waals surface area contributed by atoms with E-state index in [-0.39, 0.29) is 0 Å². The van der Waals surface area contributed by atoms with E-state index in [1.807, 2.05) is 6.92 Å². The zero-order valence-electron chi connectivity index (χ0n) is 7.04. The Hall–Kier alpha value is -0.700. The predicted molar refractivity (Wildman–Crippen MR) is 48.8 cm³/mol. The summed E-state index contributed by atoms with van der Waals surface area (Å²) in [6.45, 7) is 1.91. The van der Waals surface area contributed by atoms with Crippen molar-refractivity contribution in [1.82, 2.24) is 4.98 Å². The van der Waals surface area contributed by atoms with Crippen molar-refractivity contribution in [3.63, 3.8) is 0 Å². The first-order valence-electron chi connectivity index (χ1n) is 4.24. The lowest BCUT2D eigenvalue weighted by atomic mass is 9.86. The van der Waals surface area contributed by atoms with Crippen molar-refractivity contribution in [3.8, 4) is 0 Å². The smallest absolute Gasteiger partial charge is 0.161 e. The number of nitrogens with zero attached hydrogens (tertiary/aromatic N) is 1. The fraction of sp³-hybridized carbons (Fsp3) is 0.556. The van der Waals surface area contributed by atoms with E-state index in [4.69, 9.17) is 0 Å². The highest BCUT2D eigenvalue weighted by molar-refractivity contribution is 7.13. The molecule has 0 amide bonds. The van der Waals surface area contributed by atoms with Crippen LogP contribution in [-0.4, -0.2) is 11.3 Å². The summed E-state index contributed by atoms with van der Waals surface area (Å²) in [5.41, 5.74) is 0.900. The van der Waals surface area contributed by atoms with E-state index in [9.17, 15) is 4.79 Å². The first-order chi connectivity index (χ1) is 5.81. The van der Waals surface area contributed by atoms with Crippen LogP contribution in [0.25, 0.3) is 0 Å². The van der Waals surface area contributed by atoms with Gasteiger partial charge in [0.1, 0.15) is 0 Å². The van der Waals surface area contributed by atoms with Crippen molar-refractivity contribution in [2.75, 3.05) is 0 Å². The monoisotopic (exact) mass is 181 g/mol. The molecule has 2 nitrogen and oxygen atoms in total.